The normalized spacial score (nSPS) is 12.9. The molecule has 0 saturated heterocycles. The van der Waals surface area contributed by atoms with Gasteiger partial charge in [-0.25, -0.2) is 14.1 Å². The zero-order chi connectivity index (χ0) is 14.7. The molecule has 0 amide bonds. The molecule has 0 aliphatic rings. The molecule has 1 aromatic carbocycles. The maximum Gasteiger partial charge on any atom is 0.138 e. The highest BCUT2D eigenvalue weighted by molar-refractivity contribution is 9.10. The minimum atomic E-state index is -0.458. The van der Waals surface area contributed by atoms with Crippen molar-refractivity contribution in [3.8, 4) is 0 Å². The van der Waals surface area contributed by atoms with Crippen LogP contribution in [0.3, 0.4) is 0 Å². The Morgan fingerprint density at radius 3 is 2.80 bits per heavy atom. The predicted octanol–water partition coefficient (Wildman–Crippen LogP) is 3.08. The summed E-state index contributed by atoms with van der Waals surface area (Å²) in [4.78, 5) is 4.23. The van der Waals surface area contributed by atoms with Crippen molar-refractivity contribution >= 4 is 15.9 Å². The van der Waals surface area contributed by atoms with Crippen LogP contribution in [0.2, 0.25) is 0 Å². The van der Waals surface area contributed by atoms with E-state index in [0.717, 1.165) is 12.4 Å². The van der Waals surface area contributed by atoms with Gasteiger partial charge in [0.05, 0.1) is 0 Å². The lowest BCUT2D eigenvalue weighted by Gasteiger charge is -2.15. The van der Waals surface area contributed by atoms with E-state index >= 15 is 0 Å². The van der Waals surface area contributed by atoms with Crippen LogP contribution in [0, 0.1) is 11.7 Å². The third-order valence-electron chi connectivity index (χ3n) is 3.01. The minimum Gasteiger partial charge on any atom is -0.323 e. The van der Waals surface area contributed by atoms with Gasteiger partial charge >= 0.3 is 0 Å². The van der Waals surface area contributed by atoms with E-state index in [1.807, 2.05) is 4.68 Å². The smallest absolute Gasteiger partial charge is 0.138 e. The number of halogens is 2. The first-order valence-corrected chi connectivity index (χ1v) is 7.34. The molecule has 108 valence electrons. The lowest BCUT2D eigenvalue weighted by molar-refractivity contribution is 0.457. The second-order valence-electron chi connectivity index (χ2n) is 5.20. The SMILES string of the molecule is CC(C)Cn1ncnc1CC(N)c1c(F)cccc1Br. The molecule has 0 saturated carbocycles. The van der Waals surface area contributed by atoms with Gasteiger partial charge in [-0.15, -0.1) is 0 Å². The van der Waals surface area contributed by atoms with Crippen LogP contribution in [0.15, 0.2) is 29.0 Å². The first-order valence-electron chi connectivity index (χ1n) is 6.55. The molecule has 20 heavy (non-hydrogen) atoms. The van der Waals surface area contributed by atoms with Gasteiger partial charge in [0.2, 0.25) is 0 Å². The van der Waals surface area contributed by atoms with E-state index in [2.05, 4.69) is 39.9 Å². The van der Waals surface area contributed by atoms with E-state index in [-0.39, 0.29) is 5.82 Å². The number of nitrogens with two attached hydrogens (primary N) is 1. The summed E-state index contributed by atoms with van der Waals surface area (Å²) in [7, 11) is 0. The molecular formula is C14H18BrFN4. The van der Waals surface area contributed by atoms with Gasteiger partial charge in [-0.2, -0.15) is 5.10 Å². The molecule has 2 aromatic rings. The summed E-state index contributed by atoms with van der Waals surface area (Å²) in [6.45, 7) is 5.00. The molecule has 2 rings (SSSR count). The highest BCUT2D eigenvalue weighted by atomic mass is 79.9. The zero-order valence-electron chi connectivity index (χ0n) is 11.6. The van der Waals surface area contributed by atoms with Gasteiger partial charge in [0, 0.05) is 29.0 Å². The molecule has 1 heterocycles. The van der Waals surface area contributed by atoms with Crippen LogP contribution in [-0.4, -0.2) is 14.8 Å². The van der Waals surface area contributed by atoms with Crippen LogP contribution in [-0.2, 0) is 13.0 Å². The van der Waals surface area contributed by atoms with Gasteiger partial charge in [-0.1, -0.05) is 35.8 Å². The van der Waals surface area contributed by atoms with Crippen LogP contribution in [0.25, 0.3) is 0 Å². The van der Waals surface area contributed by atoms with Gasteiger partial charge < -0.3 is 5.73 Å². The van der Waals surface area contributed by atoms with Crippen molar-refractivity contribution in [3.05, 3.63) is 46.2 Å². The van der Waals surface area contributed by atoms with Crippen molar-refractivity contribution in [3.63, 3.8) is 0 Å². The lowest BCUT2D eigenvalue weighted by atomic mass is 10.0. The van der Waals surface area contributed by atoms with Gasteiger partial charge in [-0.3, -0.25) is 0 Å². The van der Waals surface area contributed by atoms with E-state index in [1.54, 1.807) is 12.1 Å². The van der Waals surface area contributed by atoms with Gasteiger partial charge in [-0.05, 0) is 18.1 Å². The molecule has 0 aliphatic carbocycles. The molecule has 1 atom stereocenters. The zero-order valence-corrected chi connectivity index (χ0v) is 13.1. The van der Waals surface area contributed by atoms with E-state index in [4.69, 9.17) is 5.73 Å². The molecule has 1 aromatic heterocycles. The maximum atomic E-state index is 13.9. The molecule has 1 unspecified atom stereocenters. The van der Waals surface area contributed by atoms with Crippen molar-refractivity contribution in [1.82, 2.24) is 14.8 Å². The maximum absolute atomic E-state index is 13.9. The van der Waals surface area contributed by atoms with Crippen molar-refractivity contribution in [2.45, 2.75) is 32.9 Å². The molecule has 0 aliphatic heterocycles. The van der Waals surface area contributed by atoms with Crippen LogP contribution in [0.1, 0.15) is 31.3 Å². The summed E-state index contributed by atoms with van der Waals surface area (Å²) in [5.74, 6) is 0.940. The lowest BCUT2D eigenvalue weighted by Crippen LogP contribution is -2.19. The minimum absolute atomic E-state index is 0.304. The number of nitrogens with zero attached hydrogens (tertiary/aromatic N) is 3. The summed E-state index contributed by atoms with van der Waals surface area (Å²) in [5, 5.41) is 4.19. The van der Waals surface area contributed by atoms with Crippen LogP contribution >= 0.6 is 15.9 Å². The Balaban J connectivity index is 2.20. The highest BCUT2D eigenvalue weighted by Gasteiger charge is 2.18. The van der Waals surface area contributed by atoms with E-state index < -0.39 is 6.04 Å². The standard InChI is InChI=1S/C14H18BrFN4/c1-9(2)7-20-13(18-8-19-20)6-12(17)14-10(15)4-3-5-11(14)16/h3-5,8-9,12H,6-7,17H2,1-2H3. The average molecular weight is 341 g/mol. The summed E-state index contributed by atoms with van der Waals surface area (Å²) in [5.41, 5.74) is 6.61. The van der Waals surface area contributed by atoms with E-state index in [1.165, 1.54) is 12.4 Å². The second kappa shape index (κ2) is 6.45. The summed E-state index contributed by atoms with van der Waals surface area (Å²) >= 11 is 3.35. The summed E-state index contributed by atoms with van der Waals surface area (Å²) in [6.07, 6.45) is 1.97. The molecule has 0 radical (unpaired) electrons. The Kier molecular flexibility index (Phi) is 4.88. The van der Waals surface area contributed by atoms with Crippen LogP contribution < -0.4 is 5.73 Å². The van der Waals surface area contributed by atoms with Gasteiger partial charge in [0.15, 0.2) is 0 Å². The number of rotatable bonds is 5. The highest BCUT2D eigenvalue weighted by Crippen LogP contribution is 2.26. The largest absolute Gasteiger partial charge is 0.323 e. The predicted molar refractivity (Wildman–Crippen MR) is 79.6 cm³/mol. The van der Waals surface area contributed by atoms with Crippen molar-refractivity contribution < 1.29 is 4.39 Å². The average Bonchev–Trinajstić information content (AvgIpc) is 2.75. The number of aromatic nitrogens is 3. The van der Waals surface area contributed by atoms with Gasteiger partial charge in [0.1, 0.15) is 18.0 Å². The van der Waals surface area contributed by atoms with Crippen molar-refractivity contribution in [2.24, 2.45) is 11.7 Å². The van der Waals surface area contributed by atoms with Crippen LogP contribution in [0.5, 0.6) is 0 Å². The molecule has 4 nitrogen and oxygen atoms in total. The molecule has 0 spiro atoms. The molecule has 0 fully saturated rings. The fraction of sp³-hybridized carbons (Fsp3) is 0.429. The van der Waals surface area contributed by atoms with Crippen molar-refractivity contribution in [2.75, 3.05) is 0 Å². The molecule has 6 heteroatoms. The third kappa shape index (κ3) is 3.43. The van der Waals surface area contributed by atoms with Gasteiger partial charge in [0.25, 0.3) is 0 Å². The first-order chi connectivity index (χ1) is 9.49. The monoisotopic (exact) mass is 340 g/mol. The first kappa shape index (κ1) is 15.1. The summed E-state index contributed by atoms with van der Waals surface area (Å²) in [6, 6.07) is 4.40. The number of hydrogen-bond donors (Lipinski definition) is 1. The Morgan fingerprint density at radius 2 is 2.15 bits per heavy atom. The number of benzene rings is 1. The third-order valence-corrected chi connectivity index (χ3v) is 3.70. The Morgan fingerprint density at radius 1 is 1.40 bits per heavy atom. The quantitative estimate of drug-likeness (QED) is 0.909. The fourth-order valence-electron chi connectivity index (χ4n) is 2.11. The summed E-state index contributed by atoms with van der Waals surface area (Å²) < 4.78 is 16.4. The Hall–Kier alpha value is -1.27. The molecule has 0 bridgehead atoms. The Labute approximate surface area is 126 Å². The fourth-order valence-corrected chi connectivity index (χ4v) is 2.74. The Bertz CT molecular complexity index is 562. The van der Waals surface area contributed by atoms with E-state index in [9.17, 15) is 4.39 Å². The van der Waals surface area contributed by atoms with Crippen LogP contribution in [0.4, 0.5) is 4.39 Å². The molecular weight excluding hydrogens is 323 g/mol. The molecule has 2 N–H and O–H groups in total. The van der Waals surface area contributed by atoms with Crippen molar-refractivity contribution in [1.29, 1.82) is 0 Å². The topological polar surface area (TPSA) is 56.7 Å². The second-order valence-corrected chi connectivity index (χ2v) is 6.05. The number of hydrogen-bond acceptors (Lipinski definition) is 3. The van der Waals surface area contributed by atoms with E-state index in [0.29, 0.717) is 22.4 Å².